The van der Waals surface area contributed by atoms with E-state index in [-0.39, 0.29) is 11.7 Å². The molecule has 1 aliphatic rings. The van der Waals surface area contributed by atoms with Crippen molar-refractivity contribution in [2.75, 3.05) is 20.3 Å². The van der Waals surface area contributed by atoms with E-state index in [2.05, 4.69) is 19.8 Å². The molecule has 1 aliphatic heterocycles. The predicted molar refractivity (Wildman–Crippen MR) is 60.3 cm³/mol. The Bertz CT molecular complexity index is 589. The Hall–Kier alpha value is -2.02. The molecule has 0 aliphatic carbocycles. The molecule has 3 rings (SSSR count). The van der Waals surface area contributed by atoms with Crippen molar-refractivity contribution in [3.05, 3.63) is 23.8 Å². The van der Waals surface area contributed by atoms with Crippen molar-refractivity contribution in [2.24, 2.45) is 0 Å². The molecular weight excluding hydrogens is 236 g/mol. The summed E-state index contributed by atoms with van der Waals surface area (Å²) in [7, 11) is 1.30. The fraction of sp³-hybridized carbons (Fsp3) is 0.455. The molecule has 0 N–H and O–H groups in total. The molecule has 1 atom stereocenters. The van der Waals surface area contributed by atoms with Crippen LogP contribution < -0.4 is 0 Å². The minimum Gasteiger partial charge on any atom is -0.463 e. The van der Waals surface area contributed by atoms with Crippen molar-refractivity contribution in [1.29, 1.82) is 0 Å². The van der Waals surface area contributed by atoms with E-state index in [1.807, 2.05) is 6.07 Å². The molecule has 3 heterocycles. The van der Waals surface area contributed by atoms with Gasteiger partial charge in [-0.1, -0.05) is 0 Å². The summed E-state index contributed by atoms with van der Waals surface area (Å²) < 4.78 is 11.6. The third kappa shape index (κ3) is 1.72. The number of carbonyl (C=O) groups excluding carboxylic acids is 1. The van der Waals surface area contributed by atoms with Crippen molar-refractivity contribution >= 4 is 11.7 Å². The zero-order valence-electron chi connectivity index (χ0n) is 9.87. The van der Waals surface area contributed by atoms with Crippen LogP contribution in [0.4, 0.5) is 0 Å². The van der Waals surface area contributed by atoms with Gasteiger partial charge in [-0.25, -0.2) is 14.3 Å². The van der Waals surface area contributed by atoms with E-state index >= 15 is 0 Å². The standard InChI is InChI=1S/C11H12N4O3/c1-17-10(16)9-13-11-12-4-2-8(15(11)14-9)7-3-5-18-6-7/h2,4,7H,3,5-6H2,1H3. The van der Waals surface area contributed by atoms with Crippen molar-refractivity contribution in [2.45, 2.75) is 12.3 Å². The van der Waals surface area contributed by atoms with E-state index in [1.54, 1.807) is 10.7 Å². The van der Waals surface area contributed by atoms with Gasteiger partial charge in [0.2, 0.25) is 0 Å². The molecule has 2 aromatic heterocycles. The third-order valence-corrected chi connectivity index (χ3v) is 2.99. The van der Waals surface area contributed by atoms with Crippen molar-refractivity contribution in [3.63, 3.8) is 0 Å². The molecule has 0 spiro atoms. The summed E-state index contributed by atoms with van der Waals surface area (Å²) in [6.45, 7) is 1.40. The van der Waals surface area contributed by atoms with Crippen molar-refractivity contribution in [3.8, 4) is 0 Å². The molecule has 1 unspecified atom stereocenters. The number of hydrogen-bond acceptors (Lipinski definition) is 6. The molecule has 18 heavy (non-hydrogen) atoms. The topological polar surface area (TPSA) is 78.6 Å². The van der Waals surface area contributed by atoms with E-state index in [0.29, 0.717) is 12.4 Å². The number of fused-ring (bicyclic) bond motifs is 1. The Balaban J connectivity index is 2.09. The van der Waals surface area contributed by atoms with Gasteiger partial charge in [0, 0.05) is 18.7 Å². The highest BCUT2D eigenvalue weighted by molar-refractivity contribution is 5.85. The minimum atomic E-state index is -0.561. The van der Waals surface area contributed by atoms with Crippen LogP contribution in [-0.2, 0) is 9.47 Å². The van der Waals surface area contributed by atoms with E-state index < -0.39 is 5.97 Å². The van der Waals surface area contributed by atoms with Gasteiger partial charge in [-0.05, 0) is 12.5 Å². The number of esters is 1. The maximum absolute atomic E-state index is 11.4. The Labute approximate surface area is 103 Å². The Morgan fingerprint density at radius 2 is 2.50 bits per heavy atom. The fourth-order valence-corrected chi connectivity index (χ4v) is 2.07. The normalized spacial score (nSPS) is 19.3. The molecule has 0 aromatic carbocycles. The quantitative estimate of drug-likeness (QED) is 0.716. The molecule has 2 aromatic rings. The highest BCUT2D eigenvalue weighted by atomic mass is 16.5. The number of rotatable bonds is 2. The SMILES string of the molecule is COC(=O)c1nc2nccc(C3CCOC3)n2n1. The summed E-state index contributed by atoms with van der Waals surface area (Å²) in [6, 6.07) is 1.88. The summed E-state index contributed by atoms with van der Waals surface area (Å²) in [6.07, 6.45) is 2.60. The number of ether oxygens (including phenoxy) is 2. The first-order chi connectivity index (χ1) is 8.79. The average Bonchev–Trinajstić information content (AvgIpc) is 3.05. The lowest BCUT2D eigenvalue weighted by Gasteiger charge is -2.08. The molecule has 1 saturated heterocycles. The first-order valence-electron chi connectivity index (χ1n) is 5.67. The molecule has 0 bridgehead atoms. The number of aromatic nitrogens is 4. The Kier molecular flexibility index (Phi) is 2.67. The van der Waals surface area contributed by atoms with Crippen LogP contribution in [0.3, 0.4) is 0 Å². The molecule has 7 heteroatoms. The van der Waals surface area contributed by atoms with Gasteiger partial charge in [-0.2, -0.15) is 4.98 Å². The molecule has 0 saturated carbocycles. The van der Waals surface area contributed by atoms with Crippen molar-refractivity contribution < 1.29 is 14.3 Å². The molecule has 0 amide bonds. The van der Waals surface area contributed by atoms with Crippen LogP contribution in [0.15, 0.2) is 12.3 Å². The smallest absolute Gasteiger partial charge is 0.378 e. The van der Waals surface area contributed by atoms with Crippen LogP contribution in [0, 0.1) is 0 Å². The minimum absolute atomic E-state index is 0.0244. The number of methoxy groups -OCH3 is 1. The Morgan fingerprint density at radius 1 is 1.61 bits per heavy atom. The van der Waals surface area contributed by atoms with Crippen LogP contribution >= 0.6 is 0 Å². The van der Waals surface area contributed by atoms with Gasteiger partial charge in [0.25, 0.3) is 11.6 Å². The van der Waals surface area contributed by atoms with Crippen LogP contribution in [0.5, 0.6) is 0 Å². The molecular formula is C11H12N4O3. The van der Waals surface area contributed by atoms with E-state index in [4.69, 9.17) is 4.74 Å². The van der Waals surface area contributed by atoms with Crippen LogP contribution in [0.25, 0.3) is 5.78 Å². The lowest BCUT2D eigenvalue weighted by molar-refractivity contribution is 0.0587. The molecule has 7 nitrogen and oxygen atoms in total. The fourth-order valence-electron chi connectivity index (χ4n) is 2.07. The second kappa shape index (κ2) is 4.34. The maximum Gasteiger partial charge on any atom is 0.378 e. The summed E-state index contributed by atoms with van der Waals surface area (Å²) in [4.78, 5) is 19.5. The maximum atomic E-state index is 11.4. The lowest BCUT2D eigenvalue weighted by Crippen LogP contribution is -2.08. The highest BCUT2D eigenvalue weighted by Gasteiger charge is 2.23. The number of nitrogens with zero attached hydrogens (tertiary/aromatic N) is 4. The predicted octanol–water partition coefficient (Wildman–Crippen LogP) is 0.415. The lowest BCUT2D eigenvalue weighted by atomic mass is 10.1. The first kappa shape index (κ1) is 11.1. The van der Waals surface area contributed by atoms with Crippen LogP contribution in [-0.4, -0.2) is 45.9 Å². The van der Waals surface area contributed by atoms with Crippen LogP contribution in [0.1, 0.15) is 28.7 Å². The number of hydrogen-bond donors (Lipinski definition) is 0. The van der Waals surface area contributed by atoms with Crippen molar-refractivity contribution in [1.82, 2.24) is 19.6 Å². The highest BCUT2D eigenvalue weighted by Crippen LogP contribution is 2.24. The zero-order chi connectivity index (χ0) is 12.5. The van der Waals surface area contributed by atoms with E-state index in [1.165, 1.54) is 7.11 Å². The summed E-state index contributed by atoms with van der Waals surface area (Å²) in [5.74, 6) is 0.132. The largest absolute Gasteiger partial charge is 0.463 e. The van der Waals surface area contributed by atoms with Gasteiger partial charge in [0.1, 0.15) is 0 Å². The van der Waals surface area contributed by atoms with Gasteiger partial charge in [0.05, 0.1) is 19.4 Å². The second-order valence-corrected chi connectivity index (χ2v) is 4.07. The van der Waals surface area contributed by atoms with E-state index in [9.17, 15) is 4.79 Å². The Morgan fingerprint density at radius 3 is 3.22 bits per heavy atom. The second-order valence-electron chi connectivity index (χ2n) is 4.07. The zero-order valence-corrected chi connectivity index (χ0v) is 9.87. The third-order valence-electron chi connectivity index (χ3n) is 2.99. The van der Waals surface area contributed by atoms with E-state index in [0.717, 1.165) is 18.7 Å². The summed E-state index contributed by atoms with van der Waals surface area (Å²) in [5, 5.41) is 4.14. The molecule has 1 fully saturated rings. The molecule has 94 valence electrons. The van der Waals surface area contributed by atoms with Gasteiger partial charge >= 0.3 is 5.97 Å². The van der Waals surface area contributed by atoms with Gasteiger partial charge in [-0.15, -0.1) is 5.10 Å². The van der Waals surface area contributed by atoms with Crippen LogP contribution in [0.2, 0.25) is 0 Å². The number of carbonyl (C=O) groups is 1. The monoisotopic (exact) mass is 248 g/mol. The van der Waals surface area contributed by atoms with Gasteiger partial charge < -0.3 is 9.47 Å². The molecule has 0 radical (unpaired) electrons. The summed E-state index contributed by atoms with van der Waals surface area (Å²) in [5.41, 5.74) is 0.958. The summed E-state index contributed by atoms with van der Waals surface area (Å²) >= 11 is 0. The van der Waals surface area contributed by atoms with Gasteiger partial charge in [0.15, 0.2) is 0 Å². The van der Waals surface area contributed by atoms with Gasteiger partial charge in [-0.3, -0.25) is 0 Å². The first-order valence-corrected chi connectivity index (χ1v) is 5.67. The average molecular weight is 248 g/mol.